The number of benzene rings is 2. The van der Waals surface area contributed by atoms with Crippen LogP contribution in [0.3, 0.4) is 0 Å². The highest BCUT2D eigenvalue weighted by atomic mass is 35.7. The van der Waals surface area contributed by atoms with Gasteiger partial charge in [0.05, 0.1) is 0 Å². The molecule has 0 aliphatic rings. The average molecular weight is 366 g/mol. The summed E-state index contributed by atoms with van der Waals surface area (Å²) in [7, 11) is 1.43. The maximum atomic E-state index is 11.5. The summed E-state index contributed by atoms with van der Waals surface area (Å²) in [4.78, 5) is -0.167. The summed E-state index contributed by atoms with van der Waals surface area (Å²) >= 11 is 11.9. The molecule has 7 heteroatoms. The molecule has 21 heavy (non-hydrogen) atoms. The lowest BCUT2D eigenvalue weighted by Gasteiger charge is -2.11. The van der Waals surface area contributed by atoms with Gasteiger partial charge < -0.3 is 4.74 Å². The second kappa shape index (κ2) is 6.44. The zero-order chi connectivity index (χ0) is 15.6. The molecule has 0 N–H and O–H groups in total. The second-order valence-electron chi connectivity index (χ2n) is 4.41. The van der Waals surface area contributed by atoms with Gasteiger partial charge in [0.2, 0.25) is 0 Å². The highest BCUT2D eigenvalue weighted by molar-refractivity contribution is 8.13. The average Bonchev–Trinajstić information content (AvgIpc) is 2.38. The number of rotatable bonds is 4. The summed E-state index contributed by atoms with van der Waals surface area (Å²) < 4.78 is 28.6. The van der Waals surface area contributed by atoms with Crippen LogP contribution in [0.5, 0.6) is 5.75 Å². The molecule has 0 spiro atoms. The van der Waals surface area contributed by atoms with Crippen molar-refractivity contribution in [3.05, 3.63) is 57.6 Å². The Hall–Kier alpha value is -0.940. The van der Waals surface area contributed by atoms with E-state index in [1.54, 1.807) is 6.07 Å². The molecule has 0 amide bonds. The molecule has 2 aromatic rings. The lowest BCUT2D eigenvalue weighted by molar-refractivity contribution is 0.298. The van der Waals surface area contributed by atoms with Crippen LogP contribution in [0.15, 0.2) is 41.3 Å². The number of ether oxygens (including phenoxy) is 1. The van der Waals surface area contributed by atoms with Crippen LogP contribution in [0, 0.1) is 6.92 Å². The Kier molecular flexibility index (Phi) is 5.04. The van der Waals surface area contributed by atoms with Crippen molar-refractivity contribution >= 4 is 42.9 Å². The van der Waals surface area contributed by atoms with E-state index in [-0.39, 0.29) is 22.3 Å². The van der Waals surface area contributed by atoms with Crippen LogP contribution >= 0.6 is 33.9 Å². The zero-order valence-corrected chi connectivity index (χ0v) is 14.0. The van der Waals surface area contributed by atoms with Crippen molar-refractivity contribution in [2.24, 2.45) is 0 Å². The molecule has 2 rings (SSSR count). The summed E-state index contributed by atoms with van der Waals surface area (Å²) in [6, 6.07) is 9.75. The maximum Gasteiger partial charge on any atom is 0.265 e. The Labute approximate surface area is 137 Å². The van der Waals surface area contributed by atoms with Gasteiger partial charge >= 0.3 is 0 Å². The first-order valence-corrected chi connectivity index (χ1v) is 8.96. The van der Waals surface area contributed by atoms with Gasteiger partial charge in [0.25, 0.3) is 9.05 Å². The Morgan fingerprint density at radius 1 is 1.10 bits per heavy atom. The highest BCUT2D eigenvalue weighted by Crippen LogP contribution is 2.31. The molecule has 0 saturated heterocycles. The molecule has 0 atom stereocenters. The van der Waals surface area contributed by atoms with E-state index in [4.69, 9.17) is 38.6 Å². The van der Waals surface area contributed by atoms with Gasteiger partial charge in [0.15, 0.2) is 0 Å². The van der Waals surface area contributed by atoms with E-state index in [1.165, 1.54) is 18.2 Å². The first kappa shape index (κ1) is 16.4. The number of hydrogen-bond donors (Lipinski definition) is 0. The van der Waals surface area contributed by atoms with Crippen molar-refractivity contribution in [2.75, 3.05) is 0 Å². The summed E-state index contributed by atoms with van der Waals surface area (Å²) in [5, 5.41) is 0.814. The third-order valence-electron chi connectivity index (χ3n) is 2.76. The number of aryl methyl sites for hydroxylation is 1. The van der Waals surface area contributed by atoms with Gasteiger partial charge in [-0.15, -0.1) is 0 Å². The minimum Gasteiger partial charge on any atom is -0.487 e. The van der Waals surface area contributed by atoms with E-state index in [9.17, 15) is 8.42 Å². The van der Waals surface area contributed by atoms with Gasteiger partial charge in [0, 0.05) is 26.3 Å². The lowest BCUT2D eigenvalue weighted by Crippen LogP contribution is -2.01. The molecule has 0 aliphatic heterocycles. The Morgan fingerprint density at radius 3 is 2.43 bits per heavy atom. The van der Waals surface area contributed by atoms with Crippen molar-refractivity contribution in [3.8, 4) is 5.75 Å². The molecular weight excluding hydrogens is 355 g/mol. The zero-order valence-electron chi connectivity index (χ0n) is 10.9. The second-order valence-corrected chi connectivity index (χ2v) is 7.79. The van der Waals surface area contributed by atoms with Crippen molar-refractivity contribution in [3.63, 3.8) is 0 Å². The number of halogens is 3. The molecule has 3 nitrogen and oxygen atoms in total. The predicted molar refractivity (Wildman–Crippen MR) is 85.0 cm³/mol. The fraction of sp³-hybridized carbons (Fsp3) is 0.143. The van der Waals surface area contributed by atoms with E-state index < -0.39 is 9.05 Å². The van der Waals surface area contributed by atoms with Crippen LogP contribution in [-0.2, 0) is 15.7 Å². The minimum absolute atomic E-state index is 0.125. The Morgan fingerprint density at radius 2 is 1.81 bits per heavy atom. The fourth-order valence-corrected chi connectivity index (χ4v) is 3.24. The van der Waals surface area contributed by atoms with Gasteiger partial charge in [-0.05, 0) is 36.8 Å². The quantitative estimate of drug-likeness (QED) is 0.730. The molecule has 0 radical (unpaired) electrons. The SMILES string of the molecule is Cc1ccc(COc2ccc(Cl)cc2S(=O)(=O)Cl)c(Cl)c1. The topological polar surface area (TPSA) is 43.4 Å². The predicted octanol–water partition coefficient (Wildman–Crippen LogP) is 4.81. The van der Waals surface area contributed by atoms with Crippen LogP contribution < -0.4 is 4.74 Å². The number of hydrogen-bond acceptors (Lipinski definition) is 3. The Balaban J connectivity index is 2.28. The van der Waals surface area contributed by atoms with E-state index >= 15 is 0 Å². The van der Waals surface area contributed by atoms with Crippen LogP contribution in [0.2, 0.25) is 10.0 Å². The van der Waals surface area contributed by atoms with E-state index in [1.807, 2.05) is 19.1 Å². The monoisotopic (exact) mass is 364 g/mol. The molecule has 0 aromatic heterocycles. The summed E-state index contributed by atoms with van der Waals surface area (Å²) in [6.45, 7) is 2.05. The third-order valence-corrected chi connectivity index (χ3v) is 4.69. The van der Waals surface area contributed by atoms with E-state index in [2.05, 4.69) is 0 Å². The normalized spacial score (nSPS) is 11.4. The summed E-state index contributed by atoms with van der Waals surface area (Å²) in [6.07, 6.45) is 0. The standard InChI is InChI=1S/C14H11Cl3O3S/c1-9-2-3-10(12(16)6-9)8-20-13-5-4-11(15)7-14(13)21(17,18)19/h2-7H,8H2,1H3. The first-order chi connectivity index (χ1) is 9.77. The smallest absolute Gasteiger partial charge is 0.265 e. The van der Waals surface area contributed by atoms with Gasteiger partial charge in [-0.2, -0.15) is 0 Å². The lowest BCUT2D eigenvalue weighted by atomic mass is 10.2. The van der Waals surface area contributed by atoms with E-state index in [0.717, 1.165) is 11.1 Å². The van der Waals surface area contributed by atoms with Crippen molar-refractivity contribution in [1.82, 2.24) is 0 Å². The molecule has 0 fully saturated rings. The molecule has 0 unspecified atom stereocenters. The molecule has 2 aromatic carbocycles. The molecule has 0 saturated carbocycles. The van der Waals surface area contributed by atoms with Gasteiger partial charge in [-0.1, -0.05) is 35.3 Å². The first-order valence-electron chi connectivity index (χ1n) is 5.89. The highest BCUT2D eigenvalue weighted by Gasteiger charge is 2.18. The summed E-state index contributed by atoms with van der Waals surface area (Å²) in [5.74, 6) is 0.131. The maximum absolute atomic E-state index is 11.5. The molecule has 0 heterocycles. The summed E-state index contributed by atoms with van der Waals surface area (Å²) in [5.41, 5.74) is 1.77. The van der Waals surface area contributed by atoms with Crippen LogP contribution in [0.25, 0.3) is 0 Å². The van der Waals surface area contributed by atoms with Crippen LogP contribution in [0.1, 0.15) is 11.1 Å². The van der Waals surface area contributed by atoms with Gasteiger partial charge in [0.1, 0.15) is 17.3 Å². The van der Waals surface area contributed by atoms with E-state index in [0.29, 0.717) is 5.02 Å². The van der Waals surface area contributed by atoms with Crippen molar-refractivity contribution in [1.29, 1.82) is 0 Å². The van der Waals surface area contributed by atoms with Crippen LogP contribution in [0.4, 0.5) is 0 Å². The molecule has 112 valence electrons. The Bertz CT molecular complexity index is 773. The van der Waals surface area contributed by atoms with Crippen molar-refractivity contribution in [2.45, 2.75) is 18.4 Å². The van der Waals surface area contributed by atoms with Gasteiger partial charge in [-0.3, -0.25) is 0 Å². The van der Waals surface area contributed by atoms with Gasteiger partial charge in [-0.25, -0.2) is 8.42 Å². The third kappa shape index (κ3) is 4.27. The van der Waals surface area contributed by atoms with Crippen LogP contribution in [-0.4, -0.2) is 8.42 Å². The molecular formula is C14H11Cl3O3S. The molecule has 0 bridgehead atoms. The fourth-order valence-electron chi connectivity index (χ4n) is 1.72. The largest absolute Gasteiger partial charge is 0.487 e. The minimum atomic E-state index is -3.95. The molecule has 0 aliphatic carbocycles. The van der Waals surface area contributed by atoms with Crippen molar-refractivity contribution < 1.29 is 13.2 Å².